The third-order valence-corrected chi connectivity index (χ3v) is 3.24. The van der Waals surface area contributed by atoms with Crippen molar-refractivity contribution in [2.24, 2.45) is 0 Å². The number of carbonyl (C=O) groups excluding carboxylic acids is 1. The molecule has 0 aromatic carbocycles. The Morgan fingerprint density at radius 2 is 2.36 bits per heavy atom. The topological polar surface area (TPSA) is 54.4 Å². The molecule has 0 aliphatic rings. The number of aliphatic carboxylic acids is 1. The number of hydrogen-bond acceptors (Lipinski definition) is 2. The van der Waals surface area contributed by atoms with E-state index >= 15 is 0 Å². The van der Waals surface area contributed by atoms with E-state index in [1.807, 2.05) is 0 Å². The minimum atomic E-state index is -0.835. The van der Waals surface area contributed by atoms with Gasteiger partial charge in [-0.3, -0.25) is 0 Å². The van der Waals surface area contributed by atoms with E-state index < -0.39 is 5.97 Å². The first-order valence-electron chi connectivity index (χ1n) is 2.98. The van der Waals surface area contributed by atoms with Crippen molar-refractivity contribution in [3.05, 3.63) is 21.0 Å². The monoisotopic (exact) mass is 218 g/mol. The van der Waals surface area contributed by atoms with Crippen LogP contribution >= 0.6 is 0 Å². The van der Waals surface area contributed by atoms with Crippen LogP contribution in [0.15, 0.2) is 12.1 Å². The van der Waals surface area contributed by atoms with Crippen molar-refractivity contribution in [3.63, 3.8) is 0 Å². The average Bonchev–Trinajstić information content (AvgIpc) is 2.34. The van der Waals surface area contributed by atoms with Gasteiger partial charge in [0.15, 0.2) is 0 Å². The van der Waals surface area contributed by atoms with Gasteiger partial charge < -0.3 is 0 Å². The van der Waals surface area contributed by atoms with Crippen LogP contribution in [0.3, 0.4) is 0 Å². The molecule has 0 spiro atoms. The van der Waals surface area contributed by atoms with Crippen molar-refractivity contribution in [2.75, 3.05) is 0 Å². The predicted octanol–water partition coefficient (Wildman–Crippen LogP) is 0.183. The van der Waals surface area contributed by atoms with Gasteiger partial charge in [0, 0.05) is 0 Å². The summed E-state index contributed by atoms with van der Waals surface area (Å²) in [6.45, 7) is 0. The quantitative estimate of drug-likeness (QED) is 0.580. The molecule has 3 nitrogen and oxygen atoms in total. The summed E-state index contributed by atoms with van der Waals surface area (Å²) >= 11 is -0.0415. The molecule has 1 rings (SSSR count). The van der Waals surface area contributed by atoms with E-state index in [0.29, 0.717) is 4.44 Å². The van der Waals surface area contributed by atoms with Gasteiger partial charge in [-0.25, -0.2) is 0 Å². The van der Waals surface area contributed by atoms with E-state index in [1.165, 1.54) is 0 Å². The zero-order valence-electron chi connectivity index (χ0n) is 5.61. The summed E-state index contributed by atoms with van der Waals surface area (Å²) in [5.41, 5.74) is 0. The fraction of sp³-hybridized carbons (Fsp3) is 0.143. The summed E-state index contributed by atoms with van der Waals surface area (Å²) in [4.78, 5) is 20.4. The molecule has 1 N–H and O–H groups in total. The van der Waals surface area contributed by atoms with Gasteiger partial charge >= 0.3 is 68.9 Å². The van der Waals surface area contributed by atoms with Crippen LogP contribution < -0.4 is 0 Å². The van der Waals surface area contributed by atoms with E-state index in [4.69, 9.17) is 5.11 Å². The third-order valence-electron chi connectivity index (χ3n) is 1.12. The molecule has 0 aliphatic heterocycles. The van der Waals surface area contributed by atoms with Gasteiger partial charge in [0.2, 0.25) is 0 Å². The second-order valence-corrected chi connectivity index (χ2v) is 4.51. The molecule has 0 bridgehead atoms. The molecule has 0 fully saturated rings. The molecule has 0 amide bonds. The molecule has 0 radical (unpaired) electrons. The Labute approximate surface area is 69.4 Å². The molecule has 1 heterocycles. The molecule has 0 saturated carbocycles. The Morgan fingerprint density at radius 1 is 1.64 bits per heavy atom. The van der Waals surface area contributed by atoms with Gasteiger partial charge in [0.1, 0.15) is 0 Å². The third kappa shape index (κ3) is 2.33. The van der Waals surface area contributed by atoms with Gasteiger partial charge in [-0.15, -0.1) is 0 Å². The van der Waals surface area contributed by atoms with Gasteiger partial charge in [-0.05, 0) is 0 Å². The number of hydrogen-bond donors (Lipinski definition) is 1. The fourth-order valence-corrected chi connectivity index (χ4v) is 2.42. The predicted molar refractivity (Wildman–Crippen MR) is 40.1 cm³/mol. The summed E-state index contributed by atoms with van der Waals surface area (Å²) in [5.74, 6) is -0.835. The number of carbonyl (C=O) groups is 2. The number of carboxylic acid groups (broad SMARTS) is 1. The first-order valence-corrected chi connectivity index (χ1v) is 4.69. The summed E-state index contributed by atoms with van der Waals surface area (Å²) in [6, 6.07) is 3.41. The van der Waals surface area contributed by atoms with E-state index in [1.54, 1.807) is 12.1 Å². The van der Waals surface area contributed by atoms with E-state index in [9.17, 15) is 9.59 Å². The zero-order chi connectivity index (χ0) is 8.27. The zero-order valence-corrected chi connectivity index (χ0v) is 7.32. The Kier molecular flexibility index (Phi) is 2.63. The molecule has 1 aromatic heterocycles. The van der Waals surface area contributed by atoms with Crippen LogP contribution in [0.25, 0.3) is 0 Å². The Hall–Kier alpha value is -0.861. The summed E-state index contributed by atoms with van der Waals surface area (Å²) in [6.07, 6.45) is 0.846. The van der Waals surface area contributed by atoms with Crippen molar-refractivity contribution in [1.29, 1.82) is 0 Å². The maximum atomic E-state index is 10.2. The normalized spacial score (nSPS) is 9.45. The molecule has 58 valence electrons. The fourth-order valence-electron chi connectivity index (χ4n) is 0.702. The van der Waals surface area contributed by atoms with Crippen molar-refractivity contribution in [3.8, 4) is 0 Å². The number of carboxylic acids is 1. The van der Waals surface area contributed by atoms with Crippen LogP contribution in [0.5, 0.6) is 0 Å². The van der Waals surface area contributed by atoms with Crippen molar-refractivity contribution in [1.82, 2.24) is 0 Å². The second kappa shape index (κ2) is 3.51. The van der Waals surface area contributed by atoms with Gasteiger partial charge in [-0.2, -0.15) is 0 Å². The molecule has 11 heavy (non-hydrogen) atoms. The van der Waals surface area contributed by atoms with Crippen LogP contribution in [0.1, 0.15) is 13.7 Å². The molecule has 0 atom stereocenters. The van der Waals surface area contributed by atoms with Gasteiger partial charge in [0.25, 0.3) is 0 Å². The molecule has 0 unspecified atom stereocenters. The van der Waals surface area contributed by atoms with Crippen molar-refractivity contribution in [2.45, 2.75) is 6.42 Å². The number of aldehydes is 1. The van der Waals surface area contributed by atoms with Gasteiger partial charge in [0.05, 0.1) is 0 Å². The van der Waals surface area contributed by atoms with E-state index in [2.05, 4.69) is 0 Å². The van der Waals surface area contributed by atoms with E-state index in [-0.39, 0.29) is 20.9 Å². The molecular formula is C7H6O3Se. The molecule has 0 aliphatic carbocycles. The van der Waals surface area contributed by atoms with Crippen LogP contribution in [0.4, 0.5) is 0 Å². The molecule has 4 heteroatoms. The summed E-state index contributed by atoms with van der Waals surface area (Å²) < 4.78 is 1.57. The van der Waals surface area contributed by atoms with Gasteiger partial charge in [-0.1, -0.05) is 0 Å². The SMILES string of the molecule is O=Cc1ccc(CC(=O)O)[se]1. The summed E-state index contributed by atoms with van der Waals surface area (Å²) in [5, 5.41) is 8.39. The van der Waals surface area contributed by atoms with Crippen LogP contribution in [-0.4, -0.2) is 31.9 Å². The summed E-state index contributed by atoms with van der Waals surface area (Å²) in [7, 11) is 0. The second-order valence-electron chi connectivity index (χ2n) is 1.99. The van der Waals surface area contributed by atoms with Crippen LogP contribution in [-0.2, 0) is 11.2 Å². The Morgan fingerprint density at radius 3 is 2.82 bits per heavy atom. The maximum absolute atomic E-state index is 10.2. The van der Waals surface area contributed by atoms with Crippen LogP contribution in [0, 0.1) is 0 Å². The molecule has 0 saturated heterocycles. The van der Waals surface area contributed by atoms with Crippen molar-refractivity contribution < 1.29 is 14.7 Å². The Balaban J connectivity index is 2.72. The van der Waals surface area contributed by atoms with Crippen LogP contribution in [0.2, 0.25) is 0 Å². The van der Waals surface area contributed by atoms with E-state index in [0.717, 1.165) is 10.7 Å². The molecular weight excluding hydrogens is 211 g/mol. The first-order chi connectivity index (χ1) is 5.22. The average molecular weight is 217 g/mol. The number of rotatable bonds is 3. The first kappa shape index (κ1) is 8.24. The minimum absolute atomic E-state index is 0.0415. The standard InChI is InChI=1S/C7H6O3Se/c8-4-6-2-1-5(11-6)3-7(9)10/h1-2,4H,3H2,(H,9,10). The van der Waals surface area contributed by atoms with Crippen molar-refractivity contribution >= 4 is 26.8 Å². The Bertz CT molecular complexity index is 277. The molecule has 1 aromatic rings.